The molecule has 2 rings (SSSR count). The molecule has 1 aromatic carbocycles. The second-order valence-corrected chi connectivity index (χ2v) is 7.29. The number of esters is 1. The lowest BCUT2D eigenvalue weighted by Gasteiger charge is -2.23. The first-order valence-electron chi connectivity index (χ1n) is 9.55. The van der Waals surface area contributed by atoms with Gasteiger partial charge in [-0.1, -0.05) is 26.7 Å². The van der Waals surface area contributed by atoms with E-state index in [1.54, 1.807) is 13.8 Å². The number of nitro benzene ring substituents is 1. The van der Waals surface area contributed by atoms with E-state index < -0.39 is 34.9 Å². The first kappa shape index (κ1) is 22.1. The van der Waals surface area contributed by atoms with E-state index in [0.29, 0.717) is 18.8 Å². The molecular formula is C19H26N4O6. The third-order valence-corrected chi connectivity index (χ3v) is 4.70. The molecule has 0 bridgehead atoms. The van der Waals surface area contributed by atoms with Gasteiger partial charge in [-0.3, -0.25) is 20.2 Å². The summed E-state index contributed by atoms with van der Waals surface area (Å²) < 4.78 is 5.21. The Hall–Kier alpha value is -3.17. The molecule has 0 radical (unpaired) electrons. The van der Waals surface area contributed by atoms with Gasteiger partial charge in [0.05, 0.1) is 10.5 Å². The van der Waals surface area contributed by atoms with E-state index in [1.807, 2.05) is 10.2 Å². The van der Waals surface area contributed by atoms with E-state index in [2.05, 4.69) is 0 Å². The van der Waals surface area contributed by atoms with Crippen molar-refractivity contribution in [3.8, 4) is 0 Å². The van der Waals surface area contributed by atoms with Crippen LogP contribution < -0.4 is 16.0 Å². The fraction of sp³-hybridized carbons (Fsp3) is 0.526. The zero-order valence-electron chi connectivity index (χ0n) is 16.6. The van der Waals surface area contributed by atoms with Crippen LogP contribution in [0, 0.1) is 16.0 Å². The monoisotopic (exact) mass is 406 g/mol. The summed E-state index contributed by atoms with van der Waals surface area (Å²) in [7, 11) is 0. The fourth-order valence-electron chi connectivity index (χ4n) is 3.24. The van der Waals surface area contributed by atoms with E-state index in [-0.39, 0.29) is 11.3 Å². The molecule has 1 atom stereocenters. The predicted octanol–water partition coefficient (Wildman–Crippen LogP) is 2.35. The van der Waals surface area contributed by atoms with Crippen LogP contribution in [0.2, 0.25) is 0 Å². The molecule has 1 aliphatic rings. The number of imide groups is 1. The van der Waals surface area contributed by atoms with Gasteiger partial charge < -0.3 is 15.4 Å². The molecular weight excluding hydrogens is 380 g/mol. The van der Waals surface area contributed by atoms with Gasteiger partial charge in [-0.2, -0.15) is 0 Å². The maximum atomic E-state index is 12.5. The Balaban J connectivity index is 2.25. The Morgan fingerprint density at radius 3 is 2.31 bits per heavy atom. The summed E-state index contributed by atoms with van der Waals surface area (Å²) in [5, 5.41) is 13.5. The highest BCUT2D eigenvalue weighted by atomic mass is 16.6. The number of nitrogens with zero attached hydrogens (tertiary/aromatic N) is 2. The van der Waals surface area contributed by atoms with Crippen LogP contribution in [0.4, 0.5) is 16.2 Å². The summed E-state index contributed by atoms with van der Waals surface area (Å²) >= 11 is 0. The number of rotatable bonds is 6. The number of hydrogen-bond donors (Lipinski definition) is 2. The standard InChI is InChI=1S/C19H26N4O6/c1-12(2)16(17(24)21-19(20)26)29-18(25)13-7-8-14(15(11-13)23(27)28)22-9-5-3-4-6-10-22/h7-8,11-12,16H,3-6,9-10H2,1-2H3,(H3,20,21,24,26)/t16-/m0/s1. The van der Waals surface area contributed by atoms with Gasteiger partial charge in [0.1, 0.15) is 5.69 Å². The second kappa shape index (κ2) is 9.85. The van der Waals surface area contributed by atoms with Crippen molar-refractivity contribution >= 4 is 29.3 Å². The number of anilines is 1. The van der Waals surface area contributed by atoms with Crippen LogP contribution in [0.25, 0.3) is 0 Å². The molecule has 1 fully saturated rings. The van der Waals surface area contributed by atoms with E-state index in [9.17, 15) is 24.5 Å². The van der Waals surface area contributed by atoms with Gasteiger partial charge in [-0.25, -0.2) is 9.59 Å². The smallest absolute Gasteiger partial charge is 0.339 e. The minimum absolute atomic E-state index is 0.0483. The van der Waals surface area contributed by atoms with Crippen LogP contribution >= 0.6 is 0 Å². The maximum Gasteiger partial charge on any atom is 0.339 e. The molecule has 0 aromatic heterocycles. The molecule has 0 aliphatic carbocycles. The van der Waals surface area contributed by atoms with E-state index in [1.165, 1.54) is 12.1 Å². The van der Waals surface area contributed by atoms with Crippen LogP contribution in [-0.4, -0.2) is 42.0 Å². The Kier molecular flexibility index (Phi) is 7.52. The highest BCUT2D eigenvalue weighted by Gasteiger charge is 2.29. The fourth-order valence-corrected chi connectivity index (χ4v) is 3.24. The number of ether oxygens (including phenoxy) is 1. The normalized spacial score (nSPS) is 15.3. The summed E-state index contributed by atoms with van der Waals surface area (Å²) in [5.41, 5.74) is 5.15. The van der Waals surface area contributed by atoms with Crippen molar-refractivity contribution in [2.75, 3.05) is 18.0 Å². The molecule has 3 amide bonds. The topological polar surface area (TPSA) is 145 Å². The molecule has 0 unspecified atom stereocenters. The van der Waals surface area contributed by atoms with Gasteiger partial charge in [-0.15, -0.1) is 0 Å². The zero-order valence-corrected chi connectivity index (χ0v) is 16.6. The predicted molar refractivity (Wildman–Crippen MR) is 106 cm³/mol. The van der Waals surface area contributed by atoms with Gasteiger partial charge in [0.25, 0.3) is 11.6 Å². The molecule has 10 heteroatoms. The molecule has 1 aromatic rings. The SMILES string of the molecule is CC(C)[C@H](OC(=O)c1ccc(N2CCCCCC2)c([N+](=O)[O-])c1)C(=O)NC(N)=O. The van der Waals surface area contributed by atoms with Gasteiger partial charge >= 0.3 is 12.0 Å². The number of benzene rings is 1. The summed E-state index contributed by atoms with van der Waals surface area (Å²) in [6, 6.07) is 3.08. The van der Waals surface area contributed by atoms with Crippen molar-refractivity contribution < 1.29 is 24.0 Å². The van der Waals surface area contributed by atoms with Crippen molar-refractivity contribution in [2.24, 2.45) is 11.7 Å². The molecule has 10 nitrogen and oxygen atoms in total. The summed E-state index contributed by atoms with van der Waals surface area (Å²) in [6.07, 6.45) is 2.80. The first-order chi connectivity index (χ1) is 13.7. The average Bonchev–Trinajstić information content (AvgIpc) is 2.93. The molecule has 29 heavy (non-hydrogen) atoms. The summed E-state index contributed by atoms with van der Waals surface area (Å²) in [5.74, 6) is -2.19. The largest absolute Gasteiger partial charge is 0.448 e. The highest BCUT2D eigenvalue weighted by Crippen LogP contribution is 2.31. The summed E-state index contributed by atoms with van der Waals surface area (Å²) in [6.45, 7) is 4.69. The Bertz CT molecular complexity index is 787. The van der Waals surface area contributed by atoms with E-state index in [0.717, 1.165) is 31.7 Å². The number of urea groups is 1. The van der Waals surface area contributed by atoms with Gasteiger partial charge in [0.2, 0.25) is 0 Å². The zero-order chi connectivity index (χ0) is 21.6. The molecule has 3 N–H and O–H groups in total. The van der Waals surface area contributed by atoms with Crippen LogP contribution in [0.1, 0.15) is 49.9 Å². The summed E-state index contributed by atoms with van der Waals surface area (Å²) in [4.78, 5) is 48.5. The number of carbonyl (C=O) groups is 3. The quantitative estimate of drug-likeness (QED) is 0.419. The van der Waals surface area contributed by atoms with Crippen molar-refractivity contribution in [3.63, 3.8) is 0 Å². The lowest BCUT2D eigenvalue weighted by molar-refractivity contribution is -0.384. The molecule has 1 heterocycles. The van der Waals surface area contributed by atoms with Crippen LogP contribution in [0.15, 0.2) is 18.2 Å². The van der Waals surface area contributed by atoms with Crippen LogP contribution in [0.3, 0.4) is 0 Å². The number of nitro groups is 1. The number of amides is 3. The maximum absolute atomic E-state index is 12.5. The number of primary amides is 1. The highest BCUT2D eigenvalue weighted by molar-refractivity contribution is 5.98. The van der Waals surface area contributed by atoms with Crippen molar-refractivity contribution in [1.29, 1.82) is 0 Å². The lowest BCUT2D eigenvalue weighted by atomic mass is 10.1. The second-order valence-electron chi connectivity index (χ2n) is 7.29. The van der Waals surface area contributed by atoms with Crippen LogP contribution in [-0.2, 0) is 9.53 Å². The van der Waals surface area contributed by atoms with Gasteiger partial charge in [0.15, 0.2) is 6.10 Å². The third kappa shape index (κ3) is 5.90. The number of carbonyl (C=O) groups excluding carboxylic acids is 3. The Morgan fingerprint density at radius 2 is 1.79 bits per heavy atom. The van der Waals surface area contributed by atoms with E-state index in [4.69, 9.17) is 10.5 Å². The average molecular weight is 406 g/mol. The molecule has 0 spiro atoms. The molecule has 1 aliphatic heterocycles. The molecule has 1 saturated heterocycles. The minimum Gasteiger partial charge on any atom is -0.448 e. The van der Waals surface area contributed by atoms with Gasteiger partial charge in [0, 0.05) is 19.2 Å². The molecule has 158 valence electrons. The third-order valence-electron chi connectivity index (χ3n) is 4.70. The Morgan fingerprint density at radius 1 is 1.17 bits per heavy atom. The first-order valence-corrected chi connectivity index (χ1v) is 9.55. The van der Waals surface area contributed by atoms with Crippen molar-refractivity contribution in [2.45, 2.75) is 45.6 Å². The van der Waals surface area contributed by atoms with Crippen LogP contribution in [0.5, 0.6) is 0 Å². The molecule has 0 saturated carbocycles. The van der Waals surface area contributed by atoms with Crippen molar-refractivity contribution in [3.05, 3.63) is 33.9 Å². The number of hydrogen-bond acceptors (Lipinski definition) is 7. The minimum atomic E-state index is -1.26. The lowest BCUT2D eigenvalue weighted by Crippen LogP contribution is -2.45. The number of nitrogens with two attached hydrogens (primary N) is 1. The number of nitrogens with one attached hydrogen (secondary N) is 1. The van der Waals surface area contributed by atoms with E-state index >= 15 is 0 Å². The van der Waals surface area contributed by atoms with Crippen molar-refractivity contribution in [1.82, 2.24) is 5.32 Å². The van der Waals surface area contributed by atoms with Gasteiger partial charge in [-0.05, 0) is 30.9 Å². The Labute approximate surface area is 168 Å².